The molecule has 96 valence electrons. The van der Waals surface area contributed by atoms with Gasteiger partial charge in [0, 0.05) is 22.1 Å². The second-order valence-corrected chi connectivity index (χ2v) is 6.90. The molecule has 0 N–H and O–H groups in total. The molecule has 2 aromatic rings. The van der Waals surface area contributed by atoms with E-state index in [1.54, 1.807) is 12.4 Å². The Hall–Kier alpha value is -1.07. The maximum Gasteiger partial charge on any atom is 0.250 e. The lowest BCUT2D eigenvalue weighted by Gasteiger charge is -1.96. The average Bonchev–Trinajstić information content (AvgIpc) is 2.97. The van der Waals surface area contributed by atoms with Gasteiger partial charge in [-0.2, -0.15) is 0 Å². The Bertz CT molecular complexity index is 507. The number of hydrogen-bond donors (Lipinski definition) is 0. The number of hydrogen-bond acceptors (Lipinski definition) is 5. The van der Waals surface area contributed by atoms with Gasteiger partial charge in [-0.3, -0.25) is 4.79 Å². The van der Waals surface area contributed by atoms with Crippen LogP contribution in [0, 0.1) is 0 Å². The zero-order valence-corrected chi connectivity index (χ0v) is 12.6. The number of carbonyl (C=O) groups is 1. The van der Waals surface area contributed by atoms with Gasteiger partial charge in [0.15, 0.2) is 10.0 Å². The Kier molecular flexibility index (Phi) is 3.92. The van der Waals surface area contributed by atoms with Gasteiger partial charge in [0.2, 0.25) is 5.78 Å². The first-order chi connectivity index (χ1) is 8.49. The van der Waals surface area contributed by atoms with Crippen LogP contribution >= 0.6 is 22.7 Å². The zero-order valence-electron chi connectivity index (χ0n) is 10.9. The topological polar surface area (TPSA) is 42.9 Å². The SMILES string of the molecule is CC(C)c1cnc(C(=O)c2ncc(C(C)C)s2)s1. The normalized spacial score (nSPS) is 11.4. The highest BCUT2D eigenvalue weighted by molar-refractivity contribution is 7.17. The van der Waals surface area contributed by atoms with Gasteiger partial charge in [-0.25, -0.2) is 9.97 Å². The monoisotopic (exact) mass is 280 g/mol. The Labute approximate surface area is 115 Å². The van der Waals surface area contributed by atoms with Crippen molar-refractivity contribution in [3.8, 4) is 0 Å². The molecule has 0 spiro atoms. The van der Waals surface area contributed by atoms with Crippen LogP contribution in [-0.2, 0) is 0 Å². The molecule has 0 saturated carbocycles. The molecular weight excluding hydrogens is 264 g/mol. The molecule has 0 fully saturated rings. The van der Waals surface area contributed by atoms with Crippen LogP contribution in [0.15, 0.2) is 12.4 Å². The van der Waals surface area contributed by atoms with Crippen molar-refractivity contribution in [1.82, 2.24) is 9.97 Å². The van der Waals surface area contributed by atoms with Crippen molar-refractivity contribution in [3.05, 3.63) is 32.2 Å². The Morgan fingerprint density at radius 3 is 1.61 bits per heavy atom. The highest BCUT2D eigenvalue weighted by Crippen LogP contribution is 2.27. The van der Waals surface area contributed by atoms with E-state index in [-0.39, 0.29) is 5.78 Å². The van der Waals surface area contributed by atoms with E-state index in [1.807, 2.05) is 0 Å². The van der Waals surface area contributed by atoms with Crippen LogP contribution in [0.1, 0.15) is 64.1 Å². The van der Waals surface area contributed by atoms with E-state index in [0.29, 0.717) is 21.9 Å². The average molecular weight is 280 g/mol. The lowest BCUT2D eigenvalue weighted by Crippen LogP contribution is -1.98. The molecule has 2 heterocycles. The van der Waals surface area contributed by atoms with E-state index >= 15 is 0 Å². The highest BCUT2D eigenvalue weighted by atomic mass is 32.1. The molecule has 0 saturated heterocycles. The molecule has 0 aliphatic rings. The van der Waals surface area contributed by atoms with Crippen LogP contribution in [-0.4, -0.2) is 15.8 Å². The summed E-state index contributed by atoms with van der Waals surface area (Å²) in [4.78, 5) is 22.9. The summed E-state index contributed by atoms with van der Waals surface area (Å²) in [5.41, 5.74) is 0. The van der Waals surface area contributed by atoms with Gasteiger partial charge in [0.25, 0.3) is 0 Å². The minimum atomic E-state index is -0.0520. The summed E-state index contributed by atoms with van der Waals surface area (Å²) in [7, 11) is 0. The molecule has 0 bridgehead atoms. The van der Waals surface area contributed by atoms with Gasteiger partial charge >= 0.3 is 0 Å². The summed E-state index contributed by atoms with van der Waals surface area (Å²) in [5.74, 6) is 0.766. The summed E-state index contributed by atoms with van der Waals surface area (Å²) in [6, 6.07) is 0. The van der Waals surface area contributed by atoms with Gasteiger partial charge in [-0.15, -0.1) is 22.7 Å². The second kappa shape index (κ2) is 5.28. The lowest BCUT2D eigenvalue weighted by molar-refractivity contribution is 0.103. The minimum Gasteiger partial charge on any atom is -0.283 e. The quantitative estimate of drug-likeness (QED) is 0.793. The molecule has 0 atom stereocenters. The van der Waals surface area contributed by atoms with Crippen LogP contribution in [0.4, 0.5) is 0 Å². The van der Waals surface area contributed by atoms with Crippen LogP contribution in [0.25, 0.3) is 0 Å². The van der Waals surface area contributed by atoms with Crippen molar-refractivity contribution in [3.63, 3.8) is 0 Å². The molecule has 0 aliphatic carbocycles. The Morgan fingerprint density at radius 1 is 0.944 bits per heavy atom. The third kappa shape index (κ3) is 2.67. The molecule has 18 heavy (non-hydrogen) atoms. The summed E-state index contributed by atoms with van der Waals surface area (Å²) in [6.45, 7) is 8.40. The molecule has 0 aliphatic heterocycles. The molecule has 5 heteroatoms. The molecule has 3 nitrogen and oxygen atoms in total. The Morgan fingerprint density at radius 2 is 1.33 bits per heavy atom. The number of thiazole rings is 2. The maximum absolute atomic E-state index is 12.2. The standard InChI is InChI=1S/C13H16N2OS2/c1-7(2)9-5-14-12(17-9)11(16)13-15-6-10(18-13)8(3)4/h5-8H,1-4H3. The fourth-order valence-electron chi connectivity index (χ4n) is 1.41. The van der Waals surface area contributed by atoms with Crippen molar-refractivity contribution >= 4 is 28.5 Å². The predicted molar refractivity (Wildman–Crippen MR) is 75.8 cm³/mol. The third-order valence-corrected chi connectivity index (χ3v) is 5.17. The third-order valence-electron chi connectivity index (χ3n) is 2.57. The van der Waals surface area contributed by atoms with Crippen molar-refractivity contribution in [1.29, 1.82) is 0 Å². The molecule has 0 radical (unpaired) electrons. The fourth-order valence-corrected chi connectivity index (χ4v) is 3.19. The van der Waals surface area contributed by atoms with Gasteiger partial charge < -0.3 is 0 Å². The summed E-state index contributed by atoms with van der Waals surface area (Å²) in [6.07, 6.45) is 3.58. The van der Waals surface area contributed by atoms with Gasteiger partial charge in [-0.05, 0) is 11.8 Å². The lowest BCUT2D eigenvalue weighted by atomic mass is 10.2. The van der Waals surface area contributed by atoms with Crippen molar-refractivity contribution in [2.24, 2.45) is 0 Å². The summed E-state index contributed by atoms with van der Waals surface area (Å²) < 4.78 is 0. The number of aromatic nitrogens is 2. The number of ketones is 1. The number of carbonyl (C=O) groups excluding carboxylic acids is 1. The number of nitrogens with zero attached hydrogens (tertiary/aromatic N) is 2. The maximum atomic E-state index is 12.2. The number of rotatable bonds is 4. The first kappa shape index (κ1) is 13.4. The Balaban J connectivity index is 2.24. The van der Waals surface area contributed by atoms with Crippen LogP contribution in [0.3, 0.4) is 0 Å². The highest BCUT2D eigenvalue weighted by Gasteiger charge is 2.18. The first-order valence-corrected chi connectivity index (χ1v) is 7.58. The molecule has 0 unspecified atom stereocenters. The van der Waals surface area contributed by atoms with Gasteiger partial charge in [-0.1, -0.05) is 27.7 Å². The second-order valence-electron chi connectivity index (χ2n) is 4.77. The van der Waals surface area contributed by atoms with Crippen LogP contribution in [0.5, 0.6) is 0 Å². The van der Waals surface area contributed by atoms with E-state index in [4.69, 9.17) is 0 Å². The summed E-state index contributed by atoms with van der Waals surface area (Å²) >= 11 is 2.94. The van der Waals surface area contributed by atoms with Crippen LogP contribution in [0.2, 0.25) is 0 Å². The van der Waals surface area contributed by atoms with E-state index < -0.39 is 0 Å². The van der Waals surface area contributed by atoms with Gasteiger partial charge in [0.05, 0.1) is 0 Å². The molecule has 2 aromatic heterocycles. The smallest absolute Gasteiger partial charge is 0.250 e. The first-order valence-electron chi connectivity index (χ1n) is 5.95. The van der Waals surface area contributed by atoms with E-state index in [2.05, 4.69) is 37.7 Å². The fraction of sp³-hybridized carbons (Fsp3) is 0.462. The van der Waals surface area contributed by atoms with E-state index in [9.17, 15) is 4.79 Å². The van der Waals surface area contributed by atoms with Crippen molar-refractivity contribution in [2.45, 2.75) is 39.5 Å². The van der Waals surface area contributed by atoms with Crippen molar-refractivity contribution < 1.29 is 4.79 Å². The van der Waals surface area contributed by atoms with E-state index in [0.717, 1.165) is 9.75 Å². The molecular formula is C13H16N2OS2. The zero-order chi connectivity index (χ0) is 13.3. The molecule has 0 amide bonds. The van der Waals surface area contributed by atoms with Crippen LogP contribution < -0.4 is 0 Å². The predicted octanol–water partition coefficient (Wildman–Crippen LogP) is 4.08. The minimum absolute atomic E-state index is 0.0520. The van der Waals surface area contributed by atoms with Gasteiger partial charge in [0.1, 0.15) is 0 Å². The molecule has 0 aromatic carbocycles. The largest absolute Gasteiger partial charge is 0.283 e. The molecule has 2 rings (SSSR count). The van der Waals surface area contributed by atoms with Crippen molar-refractivity contribution in [2.75, 3.05) is 0 Å². The van der Waals surface area contributed by atoms with E-state index in [1.165, 1.54) is 22.7 Å². The summed E-state index contributed by atoms with van der Waals surface area (Å²) in [5, 5.41) is 1.09.